The number of hydrogen-bond acceptors (Lipinski definition) is 2. The van der Waals surface area contributed by atoms with E-state index in [1.54, 1.807) is 31.2 Å². The summed E-state index contributed by atoms with van der Waals surface area (Å²) in [7, 11) is 3.75. The Labute approximate surface area is 128 Å². The van der Waals surface area contributed by atoms with E-state index >= 15 is 0 Å². The Hall–Kier alpha value is -2.07. The summed E-state index contributed by atoms with van der Waals surface area (Å²) in [5, 5.41) is 3.16. The maximum Gasteiger partial charge on any atom is 0.258 e. The smallest absolute Gasteiger partial charge is 0.258 e. The molecule has 0 aliphatic rings. The SMILES string of the molecule is Cc1ccc(C(=O)Nc2ccc(N(C)C)c(Cl)c2)c(F)c1. The van der Waals surface area contributed by atoms with Crippen molar-refractivity contribution in [3.05, 3.63) is 58.4 Å². The van der Waals surface area contributed by atoms with Gasteiger partial charge in [0.1, 0.15) is 5.82 Å². The molecule has 0 atom stereocenters. The van der Waals surface area contributed by atoms with Crippen molar-refractivity contribution in [2.75, 3.05) is 24.3 Å². The number of nitrogens with one attached hydrogen (secondary N) is 1. The van der Waals surface area contributed by atoms with Gasteiger partial charge in [0.2, 0.25) is 0 Å². The molecule has 0 aliphatic carbocycles. The largest absolute Gasteiger partial charge is 0.376 e. The number of halogens is 2. The maximum atomic E-state index is 13.8. The Morgan fingerprint density at radius 2 is 1.90 bits per heavy atom. The Morgan fingerprint density at radius 3 is 2.48 bits per heavy atom. The summed E-state index contributed by atoms with van der Waals surface area (Å²) in [5.74, 6) is -1.04. The molecule has 21 heavy (non-hydrogen) atoms. The van der Waals surface area contributed by atoms with E-state index in [2.05, 4.69) is 5.32 Å². The van der Waals surface area contributed by atoms with Gasteiger partial charge in [0.25, 0.3) is 5.91 Å². The molecule has 3 nitrogen and oxygen atoms in total. The number of rotatable bonds is 3. The van der Waals surface area contributed by atoms with Gasteiger partial charge in [0.15, 0.2) is 0 Å². The highest BCUT2D eigenvalue weighted by Crippen LogP contribution is 2.27. The lowest BCUT2D eigenvalue weighted by Gasteiger charge is -2.15. The Balaban J connectivity index is 2.22. The van der Waals surface area contributed by atoms with Crippen molar-refractivity contribution >= 4 is 28.9 Å². The number of nitrogens with zero attached hydrogens (tertiary/aromatic N) is 1. The van der Waals surface area contributed by atoms with Crippen molar-refractivity contribution in [1.29, 1.82) is 0 Å². The lowest BCUT2D eigenvalue weighted by molar-refractivity contribution is 0.102. The molecule has 0 saturated carbocycles. The summed E-state index contributed by atoms with van der Waals surface area (Å²) < 4.78 is 13.8. The molecule has 0 aliphatic heterocycles. The highest BCUT2D eigenvalue weighted by atomic mass is 35.5. The van der Waals surface area contributed by atoms with Crippen molar-refractivity contribution in [3.8, 4) is 0 Å². The molecular weight excluding hydrogens is 291 g/mol. The molecule has 0 radical (unpaired) electrons. The van der Waals surface area contributed by atoms with E-state index in [1.807, 2.05) is 19.0 Å². The molecule has 0 spiro atoms. The van der Waals surface area contributed by atoms with E-state index in [9.17, 15) is 9.18 Å². The highest BCUT2D eigenvalue weighted by molar-refractivity contribution is 6.33. The van der Waals surface area contributed by atoms with Gasteiger partial charge in [-0.2, -0.15) is 0 Å². The molecule has 1 amide bonds. The second-order valence-electron chi connectivity index (χ2n) is 5.00. The standard InChI is InChI=1S/C16H16ClFN2O/c1-10-4-6-12(14(18)8-10)16(21)19-11-5-7-15(20(2)3)13(17)9-11/h4-9H,1-3H3,(H,19,21). The topological polar surface area (TPSA) is 32.3 Å². The molecule has 0 fully saturated rings. The van der Waals surface area contributed by atoms with Crippen molar-refractivity contribution in [2.45, 2.75) is 6.92 Å². The fourth-order valence-electron chi connectivity index (χ4n) is 1.95. The third kappa shape index (κ3) is 3.52. The van der Waals surface area contributed by atoms with E-state index in [0.717, 1.165) is 11.3 Å². The second kappa shape index (κ2) is 6.14. The molecule has 0 bridgehead atoms. The number of benzene rings is 2. The van der Waals surface area contributed by atoms with Crippen LogP contribution < -0.4 is 10.2 Å². The number of carbonyl (C=O) groups excluding carboxylic acids is 1. The summed E-state index contributed by atoms with van der Waals surface area (Å²) in [6, 6.07) is 9.66. The van der Waals surface area contributed by atoms with Gasteiger partial charge in [-0.05, 0) is 42.8 Å². The Morgan fingerprint density at radius 1 is 1.19 bits per heavy atom. The average Bonchev–Trinajstić information content (AvgIpc) is 2.37. The monoisotopic (exact) mass is 306 g/mol. The second-order valence-corrected chi connectivity index (χ2v) is 5.41. The molecule has 1 N–H and O–H groups in total. The van der Waals surface area contributed by atoms with Crippen molar-refractivity contribution < 1.29 is 9.18 Å². The van der Waals surface area contributed by atoms with Gasteiger partial charge in [-0.15, -0.1) is 0 Å². The van der Waals surface area contributed by atoms with E-state index in [1.165, 1.54) is 12.1 Å². The van der Waals surface area contributed by atoms with Crippen molar-refractivity contribution in [3.63, 3.8) is 0 Å². The third-order valence-corrected chi connectivity index (χ3v) is 3.36. The van der Waals surface area contributed by atoms with Gasteiger partial charge in [-0.25, -0.2) is 4.39 Å². The minimum absolute atomic E-state index is 0.00779. The quantitative estimate of drug-likeness (QED) is 0.925. The lowest BCUT2D eigenvalue weighted by Crippen LogP contribution is -2.14. The molecule has 0 heterocycles. The van der Waals surface area contributed by atoms with Crippen LogP contribution in [0.25, 0.3) is 0 Å². The molecule has 2 aromatic carbocycles. The van der Waals surface area contributed by atoms with Crippen LogP contribution in [0.15, 0.2) is 36.4 Å². The average molecular weight is 307 g/mol. The van der Waals surface area contributed by atoms with Crippen LogP contribution in [0.2, 0.25) is 5.02 Å². The first kappa shape index (κ1) is 15.3. The molecule has 0 aromatic heterocycles. The lowest BCUT2D eigenvalue weighted by atomic mass is 10.1. The van der Waals surface area contributed by atoms with Crippen LogP contribution in [0, 0.1) is 12.7 Å². The van der Waals surface area contributed by atoms with E-state index < -0.39 is 11.7 Å². The number of amides is 1. The highest BCUT2D eigenvalue weighted by Gasteiger charge is 2.12. The summed E-state index contributed by atoms with van der Waals surface area (Å²) in [4.78, 5) is 13.9. The summed E-state index contributed by atoms with van der Waals surface area (Å²) in [5.41, 5.74) is 2.14. The first-order valence-corrected chi connectivity index (χ1v) is 6.80. The molecule has 5 heteroatoms. The van der Waals surface area contributed by atoms with E-state index in [0.29, 0.717) is 10.7 Å². The first-order valence-electron chi connectivity index (χ1n) is 6.43. The van der Waals surface area contributed by atoms with Crippen LogP contribution in [0.3, 0.4) is 0 Å². The van der Waals surface area contributed by atoms with Crippen molar-refractivity contribution in [1.82, 2.24) is 0 Å². The Kier molecular flexibility index (Phi) is 4.48. The minimum Gasteiger partial charge on any atom is -0.376 e. The maximum absolute atomic E-state index is 13.8. The number of carbonyl (C=O) groups is 1. The van der Waals surface area contributed by atoms with Crippen LogP contribution >= 0.6 is 11.6 Å². The van der Waals surface area contributed by atoms with Gasteiger partial charge in [-0.3, -0.25) is 4.79 Å². The zero-order valence-electron chi connectivity index (χ0n) is 12.1. The van der Waals surface area contributed by atoms with Gasteiger partial charge in [-0.1, -0.05) is 17.7 Å². The van der Waals surface area contributed by atoms with Crippen LogP contribution in [0.4, 0.5) is 15.8 Å². The van der Waals surface area contributed by atoms with E-state index in [4.69, 9.17) is 11.6 Å². The summed E-state index contributed by atoms with van der Waals surface area (Å²) in [6.45, 7) is 1.77. The number of hydrogen-bond donors (Lipinski definition) is 1. The molecule has 2 aromatic rings. The Bertz CT molecular complexity index is 686. The van der Waals surface area contributed by atoms with Crippen LogP contribution in [0.5, 0.6) is 0 Å². The third-order valence-electron chi connectivity index (χ3n) is 3.06. The zero-order chi connectivity index (χ0) is 15.6. The zero-order valence-corrected chi connectivity index (χ0v) is 12.8. The fraction of sp³-hybridized carbons (Fsp3) is 0.188. The summed E-state index contributed by atoms with van der Waals surface area (Å²) in [6.07, 6.45) is 0. The van der Waals surface area contributed by atoms with Gasteiger partial charge in [0, 0.05) is 19.8 Å². The van der Waals surface area contributed by atoms with Gasteiger partial charge in [0.05, 0.1) is 16.3 Å². The van der Waals surface area contributed by atoms with Crippen LogP contribution in [0.1, 0.15) is 15.9 Å². The van der Waals surface area contributed by atoms with Gasteiger partial charge < -0.3 is 10.2 Å². The minimum atomic E-state index is -0.538. The van der Waals surface area contributed by atoms with Crippen LogP contribution in [-0.2, 0) is 0 Å². The molecular formula is C16H16ClFN2O. The van der Waals surface area contributed by atoms with Gasteiger partial charge >= 0.3 is 0 Å². The normalized spacial score (nSPS) is 10.3. The molecule has 0 saturated heterocycles. The fourth-order valence-corrected chi connectivity index (χ4v) is 2.30. The molecule has 110 valence electrons. The van der Waals surface area contributed by atoms with E-state index in [-0.39, 0.29) is 5.56 Å². The first-order chi connectivity index (χ1) is 9.88. The van der Waals surface area contributed by atoms with Crippen LogP contribution in [-0.4, -0.2) is 20.0 Å². The number of anilines is 2. The number of aryl methyl sites for hydroxylation is 1. The predicted molar refractivity (Wildman–Crippen MR) is 84.9 cm³/mol. The van der Waals surface area contributed by atoms with Crippen molar-refractivity contribution in [2.24, 2.45) is 0 Å². The summed E-state index contributed by atoms with van der Waals surface area (Å²) >= 11 is 6.14. The molecule has 2 rings (SSSR count). The molecule has 0 unspecified atom stereocenters. The predicted octanol–water partition coefficient (Wildman–Crippen LogP) is 4.11.